The van der Waals surface area contributed by atoms with E-state index in [0.29, 0.717) is 12.8 Å². The third-order valence-electron chi connectivity index (χ3n) is 9.49. The predicted octanol–water partition coefficient (Wildman–Crippen LogP) is 3.13. The second-order valence-corrected chi connectivity index (χ2v) is 10.4. The van der Waals surface area contributed by atoms with Crippen LogP contribution >= 0.6 is 0 Å². The summed E-state index contributed by atoms with van der Waals surface area (Å²) in [7, 11) is 0. The molecule has 0 aromatic carbocycles. The van der Waals surface area contributed by atoms with Gasteiger partial charge in [0.2, 0.25) is 0 Å². The molecule has 3 N–H and O–H groups in total. The molecule has 0 bridgehead atoms. The van der Waals surface area contributed by atoms with Crippen molar-refractivity contribution in [1.82, 2.24) is 0 Å². The Morgan fingerprint density at radius 2 is 1.86 bits per heavy atom. The monoisotopic (exact) mass is 400 g/mol. The minimum Gasteiger partial charge on any atom is -0.431 e. The zero-order chi connectivity index (χ0) is 20.6. The third kappa shape index (κ3) is 2.47. The number of fused-ring (bicyclic) bond motifs is 5. The molecule has 3 saturated carbocycles. The molecule has 0 amide bonds. The topological polar surface area (TPSA) is 90.9 Å². The summed E-state index contributed by atoms with van der Waals surface area (Å²) in [6.07, 6.45) is 8.12. The summed E-state index contributed by atoms with van der Waals surface area (Å²) in [4.78, 5) is 11.4. The normalized spacial score (nSPS) is 49.0. The zero-order valence-electron chi connectivity index (χ0n) is 17.3. The van der Waals surface area contributed by atoms with Gasteiger partial charge in [-0.3, -0.25) is 0 Å². The lowest BCUT2D eigenvalue weighted by Gasteiger charge is -2.63. The van der Waals surface area contributed by atoms with E-state index in [4.69, 9.17) is 4.42 Å². The van der Waals surface area contributed by atoms with Gasteiger partial charge in [0.15, 0.2) is 0 Å². The van der Waals surface area contributed by atoms with Gasteiger partial charge >= 0.3 is 5.63 Å². The maximum Gasteiger partial charge on any atom is 0.335 e. The molecule has 5 rings (SSSR count). The van der Waals surface area contributed by atoms with Crippen LogP contribution in [0.5, 0.6) is 0 Å². The Balaban J connectivity index is 1.55. The van der Waals surface area contributed by atoms with E-state index in [0.717, 1.165) is 37.7 Å². The summed E-state index contributed by atoms with van der Waals surface area (Å²) < 4.78 is 5.12. The maximum absolute atomic E-state index is 12.2. The molecule has 158 valence electrons. The molecule has 1 heterocycles. The van der Waals surface area contributed by atoms with Gasteiger partial charge in [0.05, 0.1) is 24.1 Å². The van der Waals surface area contributed by atoms with E-state index in [1.807, 2.05) is 13.0 Å². The van der Waals surface area contributed by atoms with Crippen molar-refractivity contribution in [3.8, 4) is 0 Å². The van der Waals surface area contributed by atoms with E-state index in [1.54, 1.807) is 6.07 Å². The highest BCUT2D eigenvalue weighted by atomic mass is 16.4. The van der Waals surface area contributed by atoms with Crippen molar-refractivity contribution in [3.63, 3.8) is 0 Å². The zero-order valence-corrected chi connectivity index (χ0v) is 17.3. The number of aliphatic hydroxyl groups is 3. The smallest absolute Gasteiger partial charge is 0.335 e. The van der Waals surface area contributed by atoms with Gasteiger partial charge in [-0.1, -0.05) is 25.5 Å². The molecule has 3 fully saturated rings. The molecule has 5 nitrogen and oxygen atoms in total. The van der Waals surface area contributed by atoms with Gasteiger partial charge in [-0.2, -0.15) is 0 Å². The standard InChI is InChI=1S/C24H32O5/c1-22-9-7-16(25)11-15(22)4-5-18-19(22)12-20(26)23(2)17(8-10-24(18,23)28)14-3-6-21(27)29-13-14/h3,6,11,13,16-20,25-26,28H,4-5,7-10,12H2,1-2H3. The van der Waals surface area contributed by atoms with Gasteiger partial charge in [-0.15, -0.1) is 0 Å². The fourth-order valence-electron chi connectivity index (χ4n) is 7.77. The van der Waals surface area contributed by atoms with E-state index in [-0.39, 0.29) is 34.9 Å². The molecule has 0 aliphatic heterocycles. The molecule has 5 heteroatoms. The Bertz CT molecular complexity index is 884. The molecule has 8 unspecified atom stereocenters. The number of aliphatic hydroxyl groups excluding tert-OH is 2. The summed E-state index contributed by atoms with van der Waals surface area (Å²) in [5.74, 6) is 0.315. The molecule has 4 aliphatic carbocycles. The van der Waals surface area contributed by atoms with Crippen molar-refractivity contribution in [2.45, 2.75) is 82.5 Å². The van der Waals surface area contributed by atoms with E-state index in [9.17, 15) is 20.1 Å². The Morgan fingerprint density at radius 1 is 1.07 bits per heavy atom. The predicted molar refractivity (Wildman–Crippen MR) is 108 cm³/mol. The fourth-order valence-corrected chi connectivity index (χ4v) is 7.77. The van der Waals surface area contributed by atoms with Crippen LogP contribution in [-0.2, 0) is 0 Å². The number of allylic oxidation sites excluding steroid dienone is 1. The Morgan fingerprint density at radius 3 is 2.59 bits per heavy atom. The van der Waals surface area contributed by atoms with Crippen LogP contribution < -0.4 is 5.63 Å². The first kappa shape index (κ1) is 19.5. The van der Waals surface area contributed by atoms with Crippen molar-refractivity contribution >= 4 is 0 Å². The molecule has 0 spiro atoms. The van der Waals surface area contributed by atoms with Crippen LogP contribution in [0.2, 0.25) is 0 Å². The minimum atomic E-state index is -0.944. The Kier molecular flexibility index (Phi) is 4.23. The van der Waals surface area contributed by atoms with E-state index < -0.39 is 17.1 Å². The van der Waals surface area contributed by atoms with E-state index >= 15 is 0 Å². The van der Waals surface area contributed by atoms with Crippen LogP contribution in [0.1, 0.15) is 70.3 Å². The lowest BCUT2D eigenvalue weighted by molar-refractivity contribution is -0.222. The Hall–Kier alpha value is -1.43. The summed E-state index contributed by atoms with van der Waals surface area (Å²) in [6, 6.07) is 3.22. The van der Waals surface area contributed by atoms with Crippen molar-refractivity contribution in [2.24, 2.45) is 22.7 Å². The molecule has 0 radical (unpaired) electrons. The average molecular weight is 401 g/mol. The van der Waals surface area contributed by atoms with Crippen molar-refractivity contribution < 1.29 is 19.7 Å². The van der Waals surface area contributed by atoms with Crippen LogP contribution in [0.25, 0.3) is 0 Å². The van der Waals surface area contributed by atoms with Gasteiger partial charge in [0.1, 0.15) is 0 Å². The van der Waals surface area contributed by atoms with Crippen molar-refractivity contribution in [3.05, 3.63) is 46.0 Å². The second-order valence-electron chi connectivity index (χ2n) is 10.4. The quantitative estimate of drug-likeness (QED) is 0.630. The first-order valence-corrected chi connectivity index (χ1v) is 11.1. The van der Waals surface area contributed by atoms with Gasteiger partial charge in [0, 0.05) is 11.5 Å². The van der Waals surface area contributed by atoms with Crippen LogP contribution in [-0.4, -0.2) is 33.1 Å². The molecule has 8 atom stereocenters. The van der Waals surface area contributed by atoms with Gasteiger partial charge < -0.3 is 19.7 Å². The Labute approximate surface area is 171 Å². The van der Waals surface area contributed by atoms with Crippen molar-refractivity contribution in [1.29, 1.82) is 0 Å². The lowest BCUT2D eigenvalue weighted by atomic mass is 9.44. The summed E-state index contributed by atoms with van der Waals surface area (Å²) in [6.45, 7) is 4.31. The molecule has 1 aromatic rings. The summed E-state index contributed by atoms with van der Waals surface area (Å²) >= 11 is 0. The summed E-state index contributed by atoms with van der Waals surface area (Å²) in [5, 5.41) is 33.7. The molecule has 4 aliphatic rings. The van der Waals surface area contributed by atoms with Crippen molar-refractivity contribution in [2.75, 3.05) is 0 Å². The van der Waals surface area contributed by atoms with E-state index in [2.05, 4.69) is 6.92 Å². The third-order valence-corrected chi connectivity index (χ3v) is 9.49. The van der Waals surface area contributed by atoms with E-state index in [1.165, 1.54) is 17.9 Å². The number of rotatable bonds is 1. The number of hydrogen-bond acceptors (Lipinski definition) is 5. The fraction of sp³-hybridized carbons (Fsp3) is 0.708. The minimum absolute atomic E-state index is 0.0364. The van der Waals surface area contributed by atoms with Crippen LogP contribution in [0.4, 0.5) is 0 Å². The highest BCUT2D eigenvalue weighted by molar-refractivity contribution is 5.32. The summed E-state index contributed by atoms with van der Waals surface area (Å²) in [5.41, 5.74) is 0.161. The molecule has 0 saturated heterocycles. The van der Waals surface area contributed by atoms with Crippen LogP contribution in [0, 0.1) is 22.7 Å². The molecular weight excluding hydrogens is 368 g/mol. The van der Waals surface area contributed by atoms with Gasteiger partial charge in [0.25, 0.3) is 0 Å². The second kappa shape index (κ2) is 6.29. The lowest BCUT2D eigenvalue weighted by Crippen LogP contribution is -2.65. The number of hydrogen-bond donors (Lipinski definition) is 3. The largest absolute Gasteiger partial charge is 0.431 e. The average Bonchev–Trinajstić information content (AvgIpc) is 2.97. The molecular formula is C24H32O5. The first-order valence-electron chi connectivity index (χ1n) is 11.1. The van der Waals surface area contributed by atoms with Gasteiger partial charge in [-0.05, 0) is 79.7 Å². The first-order chi connectivity index (χ1) is 13.7. The van der Waals surface area contributed by atoms with Crippen LogP contribution in [0.15, 0.2) is 39.3 Å². The molecule has 29 heavy (non-hydrogen) atoms. The van der Waals surface area contributed by atoms with Gasteiger partial charge in [-0.25, -0.2) is 4.79 Å². The highest BCUT2D eigenvalue weighted by Gasteiger charge is 2.69. The van der Waals surface area contributed by atoms with Crippen LogP contribution in [0.3, 0.4) is 0 Å². The molecule has 1 aromatic heterocycles. The SMILES string of the molecule is CC12CCC(O)C=C1CCC1C2CC(O)C2(C)C(c3ccc(=O)oc3)CCC12O. The highest BCUT2D eigenvalue weighted by Crippen LogP contribution is 2.69. The maximum atomic E-state index is 12.2.